The van der Waals surface area contributed by atoms with Gasteiger partial charge in [-0.25, -0.2) is 0 Å². The third kappa shape index (κ3) is 13.0. The van der Waals surface area contributed by atoms with E-state index in [0.29, 0.717) is 6.61 Å². The van der Waals surface area contributed by atoms with Crippen LogP contribution in [-0.4, -0.2) is 19.7 Å². The van der Waals surface area contributed by atoms with Crippen molar-refractivity contribution in [2.45, 2.75) is 45.4 Å². The number of esters is 1. The highest BCUT2D eigenvalue weighted by Gasteiger charge is 1.93. The molecule has 88 valence electrons. The van der Waals surface area contributed by atoms with E-state index in [2.05, 4.69) is 0 Å². The molecule has 3 nitrogen and oxygen atoms in total. The molecule has 0 aromatic heterocycles. The van der Waals surface area contributed by atoms with E-state index in [1.165, 1.54) is 26.2 Å². The van der Waals surface area contributed by atoms with Gasteiger partial charge in [-0.15, -0.1) is 0 Å². The molecule has 0 aromatic rings. The number of ether oxygens (including phenoxy) is 2. The molecule has 0 unspecified atom stereocenters. The lowest BCUT2D eigenvalue weighted by Gasteiger charge is -2.01. The van der Waals surface area contributed by atoms with Crippen molar-refractivity contribution in [3.05, 3.63) is 12.3 Å². The highest BCUT2D eigenvalue weighted by molar-refractivity contribution is 5.65. The van der Waals surface area contributed by atoms with Gasteiger partial charge in [0.05, 0.1) is 20.0 Å². The molecular weight excluding hydrogens is 192 g/mol. The summed E-state index contributed by atoms with van der Waals surface area (Å²) < 4.78 is 9.63. The van der Waals surface area contributed by atoms with Gasteiger partial charge in [0.1, 0.15) is 0 Å². The van der Waals surface area contributed by atoms with Gasteiger partial charge in [0.25, 0.3) is 0 Å². The number of allylic oxidation sites excluding steroid dienone is 1. The maximum absolute atomic E-state index is 10.4. The predicted molar refractivity (Wildman–Crippen MR) is 60.5 cm³/mol. The van der Waals surface area contributed by atoms with Crippen LogP contribution in [0.5, 0.6) is 0 Å². The molecule has 0 atom stereocenters. The van der Waals surface area contributed by atoms with Crippen LogP contribution < -0.4 is 0 Å². The van der Waals surface area contributed by atoms with Crippen molar-refractivity contribution >= 4 is 5.97 Å². The van der Waals surface area contributed by atoms with Crippen molar-refractivity contribution in [2.75, 3.05) is 13.7 Å². The number of rotatable bonds is 9. The van der Waals surface area contributed by atoms with Crippen molar-refractivity contribution in [2.24, 2.45) is 0 Å². The zero-order chi connectivity index (χ0) is 11.4. The summed E-state index contributed by atoms with van der Waals surface area (Å²) in [5.74, 6) is -0.181. The van der Waals surface area contributed by atoms with Crippen LogP contribution >= 0.6 is 0 Å². The summed E-state index contributed by atoms with van der Waals surface area (Å²) in [6, 6.07) is 0. The van der Waals surface area contributed by atoms with E-state index >= 15 is 0 Å². The number of hydrogen-bond donors (Lipinski definition) is 0. The van der Waals surface area contributed by atoms with E-state index in [4.69, 9.17) is 9.47 Å². The molecule has 0 saturated heterocycles. The van der Waals surface area contributed by atoms with Crippen LogP contribution in [0.4, 0.5) is 0 Å². The summed E-state index contributed by atoms with van der Waals surface area (Å²) in [7, 11) is 1.66. The van der Waals surface area contributed by atoms with E-state index in [1.54, 1.807) is 13.4 Å². The highest BCUT2D eigenvalue weighted by Crippen LogP contribution is 2.06. The number of hydrogen-bond acceptors (Lipinski definition) is 3. The first-order chi connectivity index (χ1) is 7.27. The van der Waals surface area contributed by atoms with Gasteiger partial charge in [-0.05, 0) is 25.3 Å². The minimum absolute atomic E-state index is 0.181. The normalized spacial score (nSPS) is 10.5. The lowest BCUT2D eigenvalue weighted by molar-refractivity contribution is -0.141. The molecule has 0 aliphatic carbocycles. The molecule has 0 aromatic carbocycles. The second-order valence-corrected chi connectivity index (χ2v) is 3.50. The molecule has 0 saturated carbocycles. The summed E-state index contributed by atoms with van der Waals surface area (Å²) in [4.78, 5) is 10.4. The SMILES string of the molecule is COC=CCCCCCCCOC(C)=O. The number of unbranched alkanes of at least 4 members (excludes halogenated alkanes) is 5. The average molecular weight is 214 g/mol. The quantitative estimate of drug-likeness (QED) is 0.336. The molecule has 0 heterocycles. The molecule has 0 radical (unpaired) electrons. The number of carbonyl (C=O) groups excluding carboxylic acids is 1. The third-order valence-corrected chi connectivity index (χ3v) is 2.05. The van der Waals surface area contributed by atoms with E-state index in [-0.39, 0.29) is 5.97 Å². The molecule has 0 rings (SSSR count). The van der Waals surface area contributed by atoms with E-state index in [1.807, 2.05) is 6.08 Å². The molecule has 0 aliphatic rings. The molecule has 0 aliphatic heterocycles. The Kier molecular flexibility index (Phi) is 10.4. The van der Waals surface area contributed by atoms with Crippen LogP contribution in [0, 0.1) is 0 Å². The van der Waals surface area contributed by atoms with Gasteiger partial charge < -0.3 is 9.47 Å². The van der Waals surface area contributed by atoms with Crippen LogP contribution in [0.25, 0.3) is 0 Å². The molecule has 0 amide bonds. The van der Waals surface area contributed by atoms with Crippen LogP contribution in [0.15, 0.2) is 12.3 Å². The van der Waals surface area contributed by atoms with Gasteiger partial charge in [0.2, 0.25) is 0 Å². The zero-order valence-corrected chi connectivity index (χ0v) is 9.83. The van der Waals surface area contributed by atoms with Gasteiger partial charge in [0, 0.05) is 6.92 Å². The minimum Gasteiger partial charge on any atom is -0.505 e. The van der Waals surface area contributed by atoms with Gasteiger partial charge in [-0.3, -0.25) is 4.79 Å². The lowest BCUT2D eigenvalue weighted by atomic mass is 10.1. The number of methoxy groups -OCH3 is 1. The van der Waals surface area contributed by atoms with Gasteiger partial charge in [0.15, 0.2) is 0 Å². The summed E-state index contributed by atoms with van der Waals surface area (Å²) in [5.41, 5.74) is 0. The Labute approximate surface area is 92.5 Å². The minimum atomic E-state index is -0.181. The standard InChI is InChI=1S/C12H22O3/c1-12(13)15-11-9-7-5-3-4-6-8-10-14-2/h8,10H,3-7,9,11H2,1-2H3. The molecule has 3 heteroatoms. The van der Waals surface area contributed by atoms with Gasteiger partial charge >= 0.3 is 5.97 Å². The second-order valence-electron chi connectivity index (χ2n) is 3.50. The predicted octanol–water partition coefficient (Wildman–Crippen LogP) is 3.05. The summed E-state index contributed by atoms with van der Waals surface area (Å²) in [6.45, 7) is 2.01. The van der Waals surface area contributed by atoms with Crippen molar-refractivity contribution in [3.63, 3.8) is 0 Å². The van der Waals surface area contributed by atoms with E-state index in [0.717, 1.165) is 19.3 Å². The fraction of sp³-hybridized carbons (Fsp3) is 0.750. The Morgan fingerprint density at radius 3 is 2.47 bits per heavy atom. The average Bonchev–Trinajstić information content (AvgIpc) is 2.20. The van der Waals surface area contributed by atoms with Crippen LogP contribution in [0.1, 0.15) is 45.4 Å². The molecule has 0 spiro atoms. The topological polar surface area (TPSA) is 35.5 Å². The molecule has 0 fully saturated rings. The Morgan fingerprint density at radius 2 is 1.80 bits per heavy atom. The summed E-state index contributed by atoms with van der Waals surface area (Å²) >= 11 is 0. The Bertz CT molecular complexity index is 176. The van der Waals surface area contributed by atoms with Crippen molar-refractivity contribution in [3.8, 4) is 0 Å². The smallest absolute Gasteiger partial charge is 0.302 e. The first-order valence-corrected chi connectivity index (χ1v) is 5.58. The van der Waals surface area contributed by atoms with E-state index < -0.39 is 0 Å². The lowest BCUT2D eigenvalue weighted by Crippen LogP contribution is -1.99. The summed E-state index contributed by atoms with van der Waals surface area (Å²) in [5, 5.41) is 0. The number of carbonyl (C=O) groups is 1. The fourth-order valence-electron chi connectivity index (χ4n) is 1.27. The second kappa shape index (κ2) is 11.1. The van der Waals surface area contributed by atoms with Gasteiger partial charge in [-0.1, -0.05) is 19.3 Å². The third-order valence-electron chi connectivity index (χ3n) is 2.05. The molecule has 0 bridgehead atoms. The van der Waals surface area contributed by atoms with Crippen molar-refractivity contribution in [1.29, 1.82) is 0 Å². The Morgan fingerprint density at radius 1 is 1.13 bits per heavy atom. The molecule has 0 N–H and O–H groups in total. The first-order valence-electron chi connectivity index (χ1n) is 5.58. The Balaban J connectivity index is 2.99. The van der Waals surface area contributed by atoms with Crippen LogP contribution in [-0.2, 0) is 14.3 Å². The monoisotopic (exact) mass is 214 g/mol. The van der Waals surface area contributed by atoms with Crippen LogP contribution in [0.3, 0.4) is 0 Å². The Hall–Kier alpha value is -0.990. The largest absolute Gasteiger partial charge is 0.505 e. The molecular formula is C12H22O3. The van der Waals surface area contributed by atoms with E-state index in [9.17, 15) is 4.79 Å². The van der Waals surface area contributed by atoms with Crippen molar-refractivity contribution in [1.82, 2.24) is 0 Å². The van der Waals surface area contributed by atoms with Crippen LogP contribution in [0.2, 0.25) is 0 Å². The maximum Gasteiger partial charge on any atom is 0.302 e. The fourth-order valence-corrected chi connectivity index (χ4v) is 1.27. The highest BCUT2D eigenvalue weighted by atomic mass is 16.5. The summed E-state index contributed by atoms with van der Waals surface area (Å²) in [6.07, 6.45) is 10.6. The molecule has 15 heavy (non-hydrogen) atoms. The van der Waals surface area contributed by atoms with Crippen molar-refractivity contribution < 1.29 is 14.3 Å². The maximum atomic E-state index is 10.4. The zero-order valence-electron chi connectivity index (χ0n) is 9.83. The first kappa shape index (κ1) is 14.0. The van der Waals surface area contributed by atoms with Gasteiger partial charge in [-0.2, -0.15) is 0 Å².